The van der Waals surface area contributed by atoms with Gasteiger partial charge in [-0.3, -0.25) is 19.3 Å². The van der Waals surface area contributed by atoms with Crippen LogP contribution >= 0.6 is 15.9 Å². The van der Waals surface area contributed by atoms with Crippen LogP contribution in [0, 0.1) is 80.8 Å². The van der Waals surface area contributed by atoms with Crippen LogP contribution in [0.25, 0.3) is 11.0 Å². The Morgan fingerprint density at radius 3 is 1.66 bits per heavy atom. The van der Waals surface area contributed by atoms with E-state index >= 15 is 0 Å². The lowest BCUT2D eigenvalue weighted by Crippen LogP contribution is -2.56. The largest absolute Gasteiger partial charge is 0.390 e. The number of Topliss-reactive ketones (excluding diaryl/α,β-unsaturated/α-hetero) is 2. The highest BCUT2D eigenvalue weighted by Gasteiger charge is 2.64. The lowest BCUT2D eigenvalue weighted by atomic mass is 9.42. The Kier molecular flexibility index (Phi) is 13.7. The van der Waals surface area contributed by atoms with E-state index in [2.05, 4.69) is 67.6 Å². The topological polar surface area (TPSA) is 105 Å². The van der Waals surface area contributed by atoms with Crippen molar-refractivity contribution in [1.29, 1.82) is 0 Å². The Bertz CT molecular complexity index is 1930. The van der Waals surface area contributed by atoms with E-state index < -0.39 is 11.2 Å². The van der Waals surface area contributed by atoms with Crippen molar-refractivity contribution in [2.45, 2.75) is 203 Å². The Morgan fingerprint density at radius 2 is 1.18 bits per heavy atom. The molecule has 0 aromatic carbocycles. The third-order valence-electron chi connectivity index (χ3n) is 21.2. The minimum absolute atomic E-state index is 0. The molecule has 2 aromatic rings. The summed E-state index contributed by atoms with van der Waals surface area (Å²) in [5.41, 5.74) is 2.14. The molecular formula is C54H86BrN3O4. The highest BCUT2D eigenvalue weighted by molar-refractivity contribution is 9.09. The predicted molar refractivity (Wildman–Crippen MR) is 256 cm³/mol. The summed E-state index contributed by atoms with van der Waals surface area (Å²) in [5, 5.41) is 26.5. The molecular weight excluding hydrogens is 835 g/mol. The fourth-order valence-electron chi connectivity index (χ4n) is 18.3. The normalized spacial score (nSPS) is 46.5. The first kappa shape index (κ1) is 48.3. The molecule has 8 aliphatic carbocycles. The number of fused-ring (bicyclic) bond motifs is 11. The van der Waals surface area contributed by atoms with Crippen LogP contribution in [0.3, 0.4) is 0 Å². The first-order chi connectivity index (χ1) is 28.5. The molecule has 2 heterocycles. The standard InChI is InChI=1S/C29H41N3O2.C23H37BrO2.2CH4/c1-4-29-14-13-27(2,34)16-19(29)7-8-20-21-9-10-23(28(21,3)12-11-22(20)29)26(33)18-32-25-6-5-15-30-24(25)17-31-32;1-4-23-12-11-21(2,26)13-15(23)5-6-16-17-7-8-19(20(25)14-24)22(17,3)10-9-18(16)23;;/h5-6,15,17,19-23,34H,4,7-14,16,18H2,1-3H3;15-19,26H,4-14H2,1-3H3;2*1H4/t19-,20-,21-,22-,23+,27+,28-,29-;15-,16-,17-,18-,19+,21+,22-,23-;;/m00../s1. The number of carbonyl (C=O) groups is 2. The van der Waals surface area contributed by atoms with E-state index in [1.807, 2.05) is 16.8 Å². The number of rotatable bonds is 7. The second-order valence-corrected chi connectivity index (χ2v) is 24.1. The fourth-order valence-corrected chi connectivity index (χ4v) is 18.7. The van der Waals surface area contributed by atoms with Gasteiger partial charge in [-0.15, -0.1) is 0 Å². The second-order valence-electron chi connectivity index (χ2n) is 23.5. The first-order valence-corrected chi connectivity index (χ1v) is 26.0. The van der Waals surface area contributed by atoms with Gasteiger partial charge < -0.3 is 10.2 Å². The van der Waals surface area contributed by atoms with Crippen LogP contribution in [-0.2, 0) is 16.1 Å². The number of hydrogen-bond donors (Lipinski definition) is 2. The number of alkyl halides is 1. The molecule has 8 aliphatic rings. The molecule has 0 aliphatic heterocycles. The maximum Gasteiger partial charge on any atom is 0.157 e. The van der Waals surface area contributed by atoms with Crippen LogP contribution in [0.4, 0.5) is 0 Å². The van der Waals surface area contributed by atoms with Gasteiger partial charge in [-0.05, 0) is 223 Å². The van der Waals surface area contributed by atoms with E-state index in [1.54, 1.807) is 12.4 Å². The van der Waals surface area contributed by atoms with Crippen LogP contribution in [0.2, 0.25) is 0 Å². The zero-order valence-electron chi connectivity index (χ0n) is 38.1. The van der Waals surface area contributed by atoms with Gasteiger partial charge in [-0.25, -0.2) is 0 Å². The maximum absolute atomic E-state index is 13.7. The molecule has 348 valence electrons. The number of hydrogen-bond acceptors (Lipinski definition) is 6. The summed E-state index contributed by atoms with van der Waals surface area (Å²) in [4.78, 5) is 30.6. The van der Waals surface area contributed by atoms with E-state index in [4.69, 9.17) is 0 Å². The van der Waals surface area contributed by atoms with Crippen LogP contribution in [0.5, 0.6) is 0 Å². The fraction of sp³-hybridized carbons (Fsp3) is 0.852. The number of carbonyl (C=O) groups excluding carboxylic acids is 2. The molecule has 10 rings (SSSR count). The van der Waals surface area contributed by atoms with Crippen LogP contribution in [0.1, 0.15) is 185 Å². The molecule has 2 N–H and O–H groups in total. The van der Waals surface area contributed by atoms with Crippen molar-refractivity contribution < 1.29 is 19.8 Å². The molecule has 8 saturated carbocycles. The van der Waals surface area contributed by atoms with E-state index in [0.717, 1.165) is 79.1 Å². The molecule has 0 radical (unpaired) electrons. The van der Waals surface area contributed by atoms with Crippen molar-refractivity contribution in [3.8, 4) is 0 Å². The summed E-state index contributed by atoms with van der Waals surface area (Å²) in [6.07, 6.45) is 27.3. The van der Waals surface area contributed by atoms with E-state index in [-0.39, 0.29) is 37.5 Å². The highest BCUT2D eigenvalue weighted by atomic mass is 79.9. The Balaban J connectivity index is 0.000000187. The van der Waals surface area contributed by atoms with E-state index in [9.17, 15) is 19.8 Å². The van der Waals surface area contributed by atoms with Crippen molar-refractivity contribution in [3.63, 3.8) is 0 Å². The molecule has 0 saturated heterocycles. The SMILES string of the molecule is C.C.CC[C@]12CC[C@@](C)(O)C[C@@H]1CC[C@H]1[C@@H]3CC[C@H](C(=O)CBr)[C@@]3(C)CC[C@@H]12.CC[C@]12CC[C@@](C)(O)C[C@@H]1CC[C@H]1[C@@H]3CC[C@H](C(=O)Cn4ncc5ncccc54)[C@@]3(C)CC[C@@H]12. The number of ketones is 2. The minimum Gasteiger partial charge on any atom is -0.390 e. The Morgan fingerprint density at radius 1 is 0.677 bits per heavy atom. The zero-order valence-corrected chi connectivity index (χ0v) is 39.7. The summed E-state index contributed by atoms with van der Waals surface area (Å²) in [5.74, 6) is 7.24. The van der Waals surface area contributed by atoms with Crippen molar-refractivity contribution in [1.82, 2.24) is 14.8 Å². The highest BCUT2D eigenvalue weighted by Crippen LogP contribution is 2.71. The first-order valence-electron chi connectivity index (χ1n) is 24.9. The smallest absolute Gasteiger partial charge is 0.157 e. The lowest BCUT2D eigenvalue weighted by Gasteiger charge is -2.63. The number of pyridine rings is 1. The average Bonchev–Trinajstić information content (AvgIpc) is 3.92. The summed E-state index contributed by atoms with van der Waals surface area (Å²) in [6, 6.07) is 3.93. The molecule has 2 aromatic heterocycles. The zero-order chi connectivity index (χ0) is 42.5. The monoisotopic (exact) mass is 920 g/mol. The number of nitrogens with zero attached hydrogens (tertiary/aromatic N) is 3. The lowest BCUT2D eigenvalue weighted by molar-refractivity contribution is -0.158. The average molecular weight is 921 g/mol. The molecule has 16 atom stereocenters. The van der Waals surface area contributed by atoms with Crippen LogP contribution < -0.4 is 0 Å². The molecule has 7 nitrogen and oxygen atoms in total. The van der Waals surface area contributed by atoms with Gasteiger partial charge in [0.15, 0.2) is 5.78 Å². The molecule has 0 bridgehead atoms. The summed E-state index contributed by atoms with van der Waals surface area (Å²) in [6.45, 7) is 14.2. The summed E-state index contributed by atoms with van der Waals surface area (Å²) in [7, 11) is 0. The Hall–Kier alpha value is -1.64. The number of aliphatic hydroxyl groups is 2. The van der Waals surface area contributed by atoms with Gasteiger partial charge in [-0.2, -0.15) is 5.10 Å². The third kappa shape index (κ3) is 7.66. The minimum atomic E-state index is -0.476. The second kappa shape index (κ2) is 17.5. The van der Waals surface area contributed by atoms with Gasteiger partial charge in [0.1, 0.15) is 17.8 Å². The number of aromatic nitrogens is 3. The van der Waals surface area contributed by atoms with Gasteiger partial charge in [0.05, 0.1) is 28.2 Å². The summed E-state index contributed by atoms with van der Waals surface area (Å²) >= 11 is 3.44. The van der Waals surface area contributed by atoms with Gasteiger partial charge in [-0.1, -0.05) is 58.5 Å². The third-order valence-corrected chi connectivity index (χ3v) is 21.8. The summed E-state index contributed by atoms with van der Waals surface area (Å²) < 4.78 is 1.86. The predicted octanol–water partition coefficient (Wildman–Crippen LogP) is 12.8. The van der Waals surface area contributed by atoms with E-state index in [0.29, 0.717) is 52.0 Å². The van der Waals surface area contributed by atoms with Gasteiger partial charge in [0, 0.05) is 18.0 Å². The number of halogens is 1. The van der Waals surface area contributed by atoms with E-state index in [1.165, 1.54) is 89.9 Å². The quantitative estimate of drug-likeness (QED) is 0.268. The van der Waals surface area contributed by atoms with Gasteiger partial charge in [0.2, 0.25) is 0 Å². The molecule has 62 heavy (non-hydrogen) atoms. The van der Waals surface area contributed by atoms with Crippen molar-refractivity contribution in [3.05, 3.63) is 24.5 Å². The Labute approximate surface area is 384 Å². The van der Waals surface area contributed by atoms with Crippen molar-refractivity contribution >= 4 is 38.5 Å². The van der Waals surface area contributed by atoms with Crippen LogP contribution in [-0.4, -0.2) is 53.1 Å². The van der Waals surface area contributed by atoms with Crippen molar-refractivity contribution in [2.75, 3.05) is 5.33 Å². The maximum atomic E-state index is 13.7. The molecule has 8 heteroatoms. The molecule has 0 unspecified atom stereocenters. The van der Waals surface area contributed by atoms with Crippen LogP contribution in [0.15, 0.2) is 24.5 Å². The van der Waals surface area contributed by atoms with Crippen molar-refractivity contribution in [2.24, 2.45) is 80.8 Å². The molecule has 8 fully saturated rings. The molecule has 0 spiro atoms. The van der Waals surface area contributed by atoms with Gasteiger partial charge in [0.25, 0.3) is 0 Å². The van der Waals surface area contributed by atoms with Gasteiger partial charge >= 0.3 is 0 Å². The molecule has 0 amide bonds.